The molecule has 0 aliphatic rings. The number of thiophene rings is 1. The van der Waals surface area contributed by atoms with Crippen molar-refractivity contribution in [2.24, 2.45) is 0 Å². The van der Waals surface area contributed by atoms with Crippen LogP contribution in [0.5, 0.6) is 0 Å². The van der Waals surface area contributed by atoms with E-state index in [9.17, 15) is 0 Å². The Morgan fingerprint density at radius 2 is 0.537 bits per heavy atom. The summed E-state index contributed by atoms with van der Waals surface area (Å²) in [6.45, 7) is 0. The van der Waals surface area contributed by atoms with Gasteiger partial charge in [-0.15, -0.1) is 11.3 Å². The third kappa shape index (κ3) is 17.9. The molecule has 0 unspecified atom stereocenters. The smallest absolute Gasteiger partial charge is 0.137 e. The summed E-state index contributed by atoms with van der Waals surface area (Å²) in [7, 11) is 0. The summed E-state index contributed by atoms with van der Waals surface area (Å²) in [5.74, 6) is 0. The van der Waals surface area contributed by atoms with Crippen LogP contribution in [0.1, 0.15) is 11.1 Å². The normalized spacial score (nSPS) is 11.2. The number of benzene rings is 22. The first kappa shape index (κ1) is 82.3. The monoisotopic (exact) mass is 1730 g/mol. The third-order valence-corrected chi connectivity index (χ3v) is 26.1. The number of para-hydroxylation sites is 3. The van der Waals surface area contributed by atoms with Crippen molar-refractivity contribution in [2.75, 3.05) is 25.3 Å². The topological polar surface area (TPSA) is 46.9 Å². The highest BCUT2D eigenvalue weighted by molar-refractivity contribution is 7.25. The molecule has 22 aromatic carbocycles. The second kappa shape index (κ2) is 37.8. The Morgan fingerprint density at radius 3 is 1.14 bits per heavy atom. The maximum absolute atomic E-state index is 6.39. The fourth-order valence-electron chi connectivity index (χ4n) is 18.5. The summed E-state index contributed by atoms with van der Waals surface area (Å²) < 4.78 is 9.10. The molecule has 0 amide bonds. The zero-order chi connectivity index (χ0) is 89.3. The van der Waals surface area contributed by atoms with Crippen molar-refractivity contribution in [3.63, 3.8) is 0 Å². The van der Waals surface area contributed by atoms with Gasteiger partial charge in [0.1, 0.15) is 11.2 Å². The molecule has 24 aromatic rings. The lowest BCUT2D eigenvalue weighted by molar-refractivity contribution is 0.669. The first-order chi connectivity index (χ1) is 66.3. The molecule has 6 nitrogen and oxygen atoms in total. The van der Waals surface area contributed by atoms with Gasteiger partial charge >= 0.3 is 0 Å². The number of rotatable bonds is 20. The van der Waals surface area contributed by atoms with E-state index in [1.165, 1.54) is 114 Å². The molecule has 24 rings (SSSR count). The largest absolute Gasteiger partial charge is 0.456 e. The molecular formula is C127H91N5OS. The molecule has 0 fully saturated rings. The van der Waals surface area contributed by atoms with Crippen molar-refractivity contribution in [3.05, 3.63) is 539 Å². The van der Waals surface area contributed by atoms with Crippen molar-refractivity contribution >= 4 is 160 Å². The number of nitrogens with one attached hydrogen (secondary N) is 2. The van der Waals surface area contributed by atoms with Gasteiger partial charge in [0.05, 0.1) is 0 Å². The molecule has 0 aliphatic carbocycles. The van der Waals surface area contributed by atoms with Crippen LogP contribution in [0.25, 0.3) is 130 Å². The molecule has 134 heavy (non-hydrogen) atoms. The quantitative estimate of drug-likeness (QED) is 0.0742. The number of fused-ring (bicyclic) bond motifs is 10. The van der Waals surface area contributed by atoms with E-state index < -0.39 is 0 Å². The minimum Gasteiger partial charge on any atom is -0.456 e. The maximum Gasteiger partial charge on any atom is 0.137 e. The highest BCUT2D eigenvalue weighted by Crippen LogP contribution is 2.47. The Morgan fingerprint density at radius 1 is 0.172 bits per heavy atom. The van der Waals surface area contributed by atoms with Crippen molar-refractivity contribution in [3.8, 4) is 55.6 Å². The minimum atomic E-state index is 0.862. The first-order valence-corrected chi connectivity index (χ1v) is 46.4. The maximum atomic E-state index is 6.39. The summed E-state index contributed by atoms with van der Waals surface area (Å²) in [6, 6.07) is 188. The SMILES string of the molecule is c1ccc(-c2cc(Nc3cccc(N(c4ccc5c(ccc6ccccc65)c4)c4ccc5c(c4)oc4ccccc45)c3)cc(-c3ccccc3)c2)cc1.c1ccc(-c2cccc(Nc3cccc(N(c4cc(-c5ccccc5)cc(-c5ccccc5)c4)c4ccc5ccccc5c4)c3)c2)cc1.c1ccc(N(c2ccccc2)c2cccc(Cc3ccc4sc5ccccc5c4c3)c2)cc1. The van der Waals surface area contributed by atoms with Crippen LogP contribution < -0.4 is 25.3 Å². The van der Waals surface area contributed by atoms with E-state index in [2.05, 4.69) is 541 Å². The Hall–Kier alpha value is -17.4. The molecule has 636 valence electrons. The van der Waals surface area contributed by atoms with E-state index in [1.54, 1.807) is 0 Å². The molecule has 0 aliphatic heterocycles. The first-order valence-electron chi connectivity index (χ1n) is 45.6. The zero-order valence-corrected chi connectivity index (χ0v) is 74.4. The molecule has 2 aromatic heterocycles. The number of anilines is 13. The second-order valence-electron chi connectivity index (χ2n) is 33.8. The lowest BCUT2D eigenvalue weighted by Gasteiger charge is -2.28. The summed E-state index contributed by atoms with van der Waals surface area (Å²) in [5.41, 5.74) is 30.1. The number of hydrogen-bond acceptors (Lipinski definition) is 7. The predicted octanol–water partition coefficient (Wildman–Crippen LogP) is 36.6. The van der Waals surface area contributed by atoms with E-state index >= 15 is 0 Å². The van der Waals surface area contributed by atoms with Gasteiger partial charge in [-0.3, -0.25) is 0 Å². The Balaban J connectivity index is 0.000000120. The molecule has 2 heterocycles. The lowest BCUT2D eigenvalue weighted by atomic mass is 9.97. The van der Waals surface area contributed by atoms with E-state index in [-0.39, 0.29) is 0 Å². The Labute approximate surface area is 784 Å². The van der Waals surface area contributed by atoms with Gasteiger partial charge < -0.3 is 29.8 Å². The molecule has 0 saturated heterocycles. The summed E-state index contributed by atoms with van der Waals surface area (Å²) in [5, 5.41) is 19.8. The Kier molecular flexibility index (Phi) is 23.2. The van der Waals surface area contributed by atoms with Crippen LogP contribution in [0, 0.1) is 0 Å². The van der Waals surface area contributed by atoms with Crippen LogP contribution in [0.2, 0.25) is 0 Å². The molecule has 2 N–H and O–H groups in total. The molecule has 0 saturated carbocycles. The van der Waals surface area contributed by atoms with Gasteiger partial charge in [0, 0.05) is 111 Å². The summed E-state index contributed by atoms with van der Waals surface area (Å²) in [6.07, 6.45) is 0.908. The molecule has 0 spiro atoms. The molecular weight excluding hydrogens is 1640 g/mol. The minimum absolute atomic E-state index is 0.862. The lowest BCUT2D eigenvalue weighted by Crippen LogP contribution is -2.10. The van der Waals surface area contributed by atoms with Crippen molar-refractivity contribution in [2.45, 2.75) is 6.42 Å². The zero-order valence-electron chi connectivity index (χ0n) is 73.6. The number of hydrogen-bond donors (Lipinski definition) is 2. The average Bonchev–Trinajstić information content (AvgIpc) is 1.20. The van der Waals surface area contributed by atoms with E-state index in [0.717, 1.165) is 108 Å². The van der Waals surface area contributed by atoms with Gasteiger partial charge in [0.25, 0.3) is 0 Å². The van der Waals surface area contributed by atoms with Crippen molar-refractivity contribution in [1.82, 2.24) is 0 Å². The van der Waals surface area contributed by atoms with Gasteiger partial charge in [-0.05, 0) is 287 Å². The van der Waals surface area contributed by atoms with Crippen LogP contribution in [-0.4, -0.2) is 0 Å². The van der Waals surface area contributed by atoms with Gasteiger partial charge in [0.2, 0.25) is 0 Å². The predicted molar refractivity (Wildman–Crippen MR) is 572 cm³/mol. The van der Waals surface area contributed by atoms with Crippen molar-refractivity contribution < 1.29 is 4.42 Å². The summed E-state index contributed by atoms with van der Waals surface area (Å²) >= 11 is 1.87. The third-order valence-electron chi connectivity index (χ3n) is 24.9. The number of furan rings is 1. The van der Waals surface area contributed by atoms with Crippen LogP contribution in [0.4, 0.5) is 73.9 Å². The average molecular weight is 1740 g/mol. The Bertz CT molecular complexity index is 8140. The van der Waals surface area contributed by atoms with Gasteiger partial charge in [-0.1, -0.05) is 340 Å². The molecule has 0 radical (unpaired) electrons. The molecule has 0 bridgehead atoms. The van der Waals surface area contributed by atoms with Gasteiger partial charge in [0.15, 0.2) is 0 Å². The summed E-state index contributed by atoms with van der Waals surface area (Å²) in [4.78, 5) is 7.01. The highest BCUT2D eigenvalue weighted by atomic mass is 32.1. The number of nitrogens with zero attached hydrogens (tertiary/aromatic N) is 3. The van der Waals surface area contributed by atoms with E-state index in [4.69, 9.17) is 4.42 Å². The fourth-order valence-corrected chi connectivity index (χ4v) is 19.6. The van der Waals surface area contributed by atoms with Crippen LogP contribution in [0.3, 0.4) is 0 Å². The molecule has 7 heteroatoms. The van der Waals surface area contributed by atoms with Gasteiger partial charge in [-0.25, -0.2) is 0 Å². The fraction of sp³-hybridized carbons (Fsp3) is 0.00787. The van der Waals surface area contributed by atoms with Crippen LogP contribution in [0.15, 0.2) is 532 Å². The van der Waals surface area contributed by atoms with E-state index in [1.807, 2.05) is 23.5 Å². The second-order valence-corrected chi connectivity index (χ2v) is 34.9. The van der Waals surface area contributed by atoms with Gasteiger partial charge in [-0.2, -0.15) is 0 Å². The highest BCUT2D eigenvalue weighted by Gasteiger charge is 2.22. The molecule has 0 atom stereocenters. The van der Waals surface area contributed by atoms with E-state index in [0.29, 0.717) is 0 Å². The van der Waals surface area contributed by atoms with Crippen molar-refractivity contribution in [1.29, 1.82) is 0 Å². The standard InChI is InChI=1S/C50H34N2O.C46H34N2.C31H23NS/c1-3-12-34(13-4-1)38-28-39(35-14-5-2-6-15-35)30-41(29-38)51-40-17-11-18-42(32-40)52(44-25-27-48-47-20-9-10-21-49(47)53-50(48)33-44)43-24-26-46-37(31-43)23-22-36-16-7-8-19-45(36)46;1-4-14-34(15-5-1)38-22-12-23-42(29-38)47-43-24-13-25-44(33-43)48(45-27-26-37-20-10-11-21-39(37)30-45)46-31-40(35-16-6-2-7-17-35)28-41(32-46)36-18-8-3-9-19-36;1-3-11-25(12-4-1)32(26-13-5-2-6-14-26)27-15-9-10-23(21-27)20-24-18-19-31-29(22-24)28-16-7-8-17-30(28)33-31/h1-33,51H;1-33,47H;1-19,21-22H,20H2. The van der Waals surface area contributed by atoms with Crippen LogP contribution >= 0.6 is 11.3 Å². The van der Waals surface area contributed by atoms with Crippen LogP contribution in [-0.2, 0) is 6.42 Å².